The largest absolute Gasteiger partial charge is 0.272 e. The summed E-state index contributed by atoms with van der Waals surface area (Å²) >= 11 is 3.39. The van der Waals surface area contributed by atoms with Gasteiger partial charge in [-0.15, -0.1) is 0 Å². The first kappa shape index (κ1) is 10.4. The Labute approximate surface area is 96.9 Å². The summed E-state index contributed by atoms with van der Waals surface area (Å²) in [6.45, 7) is 3.84. The van der Waals surface area contributed by atoms with Gasteiger partial charge in [-0.25, -0.2) is 5.01 Å². The van der Waals surface area contributed by atoms with E-state index in [1.54, 1.807) is 0 Å². The smallest absolute Gasteiger partial charge is 0.253 e. The zero-order valence-electron chi connectivity index (χ0n) is 8.62. The number of hydrogen-bond acceptors (Lipinski definition) is 2. The summed E-state index contributed by atoms with van der Waals surface area (Å²) in [5.41, 5.74) is 2.76. The number of amides is 1. The normalized spacial score (nSPS) is 15.8. The van der Waals surface area contributed by atoms with Gasteiger partial charge in [0.1, 0.15) is 0 Å². The van der Waals surface area contributed by atoms with E-state index in [1.165, 1.54) is 5.01 Å². The molecule has 3 nitrogen and oxygen atoms in total. The third-order valence-electron chi connectivity index (χ3n) is 2.30. The second-order valence-corrected chi connectivity index (χ2v) is 4.56. The van der Waals surface area contributed by atoms with Gasteiger partial charge in [0.15, 0.2) is 0 Å². The topological polar surface area (TPSA) is 32.7 Å². The average Bonchev–Trinajstić information content (AvgIpc) is 2.45. The molecule has 0 saturated carbocycles. The Morgan fingerprint density at radius 3 is 2.67 bits per heavy atom. The van der Waals surface area contributed by atoms with E-state index >= 15 is 0 Å². The molecule has 1 aliphatic rings. The third-order valence-corrected chi connectivity index (χ3v) is 2.79. The molecule has 1 heterocycles. The van der Waals surface area contributed by atoms with Crippen LogP contribution in [0.4, 0.5) is 5.69 Å². The maximum absolute atomic E-state index is 11.6. The number of aryl methyl sites for hydroxylation is 1. The SMILES string of the molecule is CC1=NN(c2ccc(Br)cc2C)C(=O)C1. The number of carbonyl (C=O) groups is 1. The molecular formula is C11H11BrN2O. The van der Waals surface area contributed by atoms with E-state index in [0.29, 0.717) is 6.42 Å². The summed E-state index contributed by atoms with van der Waals surface area (Å²) < 4.78 is 1.01. The van der Waals surface area contributed by atoms with Crippen LogP contribution in [0.5, 0.6) is 0 Å². The highest BCUT2D eigenvalue weighted by Gasteiger charge is 2.23. The van der Waals surface area contributed by atoms with Crippen LogP contribution in [0.15, 0.2) is 27.8 Å². The average molecular weight is 267 g/mol. The molecular weight excluding hydrogens is 256 g/mol. The summed E-state index contributed by atoms with van der Waals surface area (Å²) in [6.07, 6.45) is 0.426. The first-order valence-corrected chi connectivity index (χ1v) is 5.50. The van der Waals surface area contributed by atoms with Gasteiger partial charge in [0, 0.05) is 10.2 Å². The molecule has 1 aromatic rings. The standard InChI is InChI=1S/C11H11BrN2O/c1-7-5-9(12)3-4-10(7)14-11(15)6-8(2)13-14/h3-5H,6H2,1-2H3. The van der Waals surface area contributed by atoms with Crippen LogP contribution in [0.25, 0.3) is 0 Å². The highest BCUT2D eigenvalue weighted by atomic mass is 79.9. The lowest BCUT2D eigenvalue weighted by Gasteiger charge is -2.14. The van der Waals surface area contributed by atoms with Gasteiger partial charge in [-0.2, -0.15) is 5.10 Å². The first-order chi connectivity index (χ1) is 7.08. The summed E-state index contributed by atoms with van der Waals surface area (Å²) in [5, 5.41) is 5.70. The molecule has 0 unspecified atom stereocenters. The quantitative estimate of drug-likeness (QED) is 0.770. The molecule has 1 aliphatic heterocycles. The summed E-state index contributed by atoms with van der Waals surface area (Å²) in [5.74, 6) is 0.0397. The fourth-order valence-corrected chi connectivity index (χ4v) is 2.08. The summed E-state index contributed by atoms with van der Waals surface area (Å²) in [4.78, 5) is 11.6. The van der Waals surface area contributed by atoms with Crippen molar-refractivity contribution in [1.29, 1.82) is 0 Å². The van der Waals surface area contributed by atoms with Crippen LogP contribution in [0.2, 0.25) is 0 Å². The number of carbonyl (C=O) groups excluding carboxylic acids is 1. The van der Waals surface area contributed by atoms with Crippen LogP contribution in [0.3, 0.4) is 0 Å². The Balaban J connectivity index is 2.42. The van der Waals surface area contributed by atoms with Gasteiger partial charge in [-0.1, -0.05) is 15.9 Å². The number of hydrogen-bond donors (Lipinski definition) is 0. The molecule has 0 spiro atoms. The number of nitrogens with zero attached hydrogens (tertiary/aromatic N) is 2. The maximum Gasteiger partial charge on any atom is 0.253 e. The van der Waals surface area contributed by atoms with E-state index < -0.39 is 0 Å². The minimum atomic E-state index is 0.0397. The molecule has 0 aromatic heterocycles. The lowest BCUT2D eigenvalue weighted by atomic mass is 10.2. The zero-order valence-corrected chi connectivity index (χ0v) is 10.2. The van der Waals surface area contributed by atoms with Crippen molar-refractivity contribution < 1.29 is 4.79 Å². The second kappa shape index (κ2) is 3.77. The molecule has 4 heteroatoms. The summed E-state index contributed by atoms with van der Waals surface area (Å²) in [7, 11) is 0. The third kappa shape index (κ3) is 1.95. The molecule has 15 heavy (non-hydrogen) atoms. The van der Waals surface area contributed by atoms with E-state index in [2.05, 4.69) is 21.0 Å². The minimum absolute atomic E-state index is 0.0397. The molecule has 0 fully saturated rings. The van der Waals surface area contributed by atoms with Crippen molar-refractivity contribution in [2.24, 2.45) is 5.10 Å². The van der Waals surface area contributed by atoms with Gasteiger partial charge in [-0.3, -0.25) is 4.79 Å². The molecule has 0 aliphatic carbocycles. The van der Waals surface area contributed by atoms with Crippen molar-refractivity contribution in [3.63, 3.8) is 0 Å². The highest BCUT2D eigenvalue weighted by Crippen LogP contribution is 2.26. The molecule has 0 atom stereocenters. The number of halogens is 1. The molecule has 78 valence electrons. The predicted octanol–water partition coefficient (Wildman–Crippen LogP) is 2.87. The number of rotatable bonds is 1. The fourth-order valence-electron chi connectivity index (χ4n) is 1.60. The predicted molar refractivity (Wildman–Crippen MR) is 64.1 cm³/mol. The number of hydrazone groups is 1. The lowest BCUT2D eigenvalue weighted by Crippen LogP contribution is -2.20. The van der Waals surface area contributed by atoms with Crippen molar-refractivity contribution in [3.8, 4) is 0 Å². The van der Waals surface area contributed by atoms with Crippen LogP contribution in [-0.4, -0.2) is 11.6 Å². The van der Waals surface area contributed by atoms with E-state index in [-0.39, 0.29) is 5.91 Å². The van der Waals surface area contributed by atoms with Gasteiger partial charge in [0.05, 0.1) is 12.1 Å². The maximum atomic E-state index is 11.6. The Morgan fingerprint density at radius 1 is 1.40 bits per heavy atom. The zero-order chi connectivity index (χ0) is 11.0. The van der Waals surface area contributed by atoms with Crippen molar-refractivity contribution in [2.75, 3.05) is 5.01 Å². The first-order valence-electron chi connectivity index (χ1n) is 4.71. The van der Waals surface area contributed by atoms with Crippen LogP contribution in [0.1, 0.15) is 18.9 Å². The summed E-state index contributed by atoms with van der Waals surface area (Å²) in [6, 6.07) is 5.80. The van der Waals surface area contributed by atoms with E-state index in [0.717, 1.165) is 21.4 Å². The molecule has 2 rings (SSSR count). The Kier molecular flexibility index (Phi) is 2.61. The van der Waals surface area contributed by atoms with Gasteiger partial charge >= 0.3 is 0 Å². The van der Waals surface area contributed by atoms with Crippen LogP contribution in [-0.2, 0) is 4.79 Å². The molecule has 0 radical (unpaired) electrons. The lowest BCUT2D eigenvalue weighted by molar-refractivity contribution is -0.116. The van der Waals surface area contributed by atoms with Crippen molar-refractivity contribution >= 4 is 33.2 Å². The Morgan fingerprint density at radius 2 is 2.13 bits per heavy atom. The van der Waals surface area contributed by atoms with Gasteiger partial charge in [0.2, 0.25) is 0 Å². The Hall–Kier alpha value is -1.16. The van der Waals surface area contributed by atoms with Crippen molar-refractivity contribution in [2.45, 2.75) is 20.3 Å². The molecule has 0 N–H and O–H groups in total. The van der Waals surface area contributed by atoms with Gasteiger partial charge in [-0.05, 0) is 37.6 Å². The van der Waals surface area contributed by atoms with Gasteiger partial charge < -0.3 is 0 Å². The second-order valence-electron chi connectivity index (χ2n) is 3.65. The number of anilines is 1. The molecule has 0 bridgehead atoms. The van der Waals surface area contributed by atoms with Crippen LogP contribution >= 0.6 is 15.9 Å². The van der Waals surface area contributed by atoms with E-state index in [9.17, 15) is 4.79 Å². The van der Waals surface area contributed by atoms with Crippen LogP contribution < -0.4 is 5.01 Å². The van der Waals surface area contributed by atoms with Gasteiger partial charge in [0.25, 0.3) is 5.91 Å². The highest BCUT2D eigenvalue weighted by molar-refractivity contribution is 9.10. The number of benzene rings is 1. The minimum Gasteiger partial charge on any atom is -0.272 e. The molecule has 0 saturated heterocycles. The molecule has 1 amide bonds. The van der Waals surface area contributed by atoms with E-state index in [1.807, 2.05) is 32.0 Å². The Bertz CT molecular complexity index is 454. The van der Waals surface area contributed by atoms with Crippen LogP contribution in [0, 0.1) is 6.92 Å². The van der Waals surface area contributed by atoms with Crippen molar-refractivity contribution in [3.05, 3.63) is 28.2 Å². The van der Waals surface area contributed by atoms with E-state index in [4.69, 9.17) is 0 Å². The fraction of sp³-hybridized carbons (Fsp3) is 0.273. The monoisotopic (exact) mass is 266 g/mol. The van der Waals surface area contributed by atoms with Crippen molar-refractivity contribution in [1.82, 2.24) is 0 Å². The molecule has 1 aromatic carbocycles.